The van der Waals surface area contributed by atoms with Crippen molar-refractivity contribution in [3.8, 4) is 22.3 Å². The minimum atomic E-state index is -0.206. The Bertz CT molecular complexity index is 3500. The maximum absolute atomic E-state index is 2.63. The van der Waals surface area contributed by atoms with Crippen LogP contribution in [0.2, 0.25) is 0 Å². The van der Waals surface area contributed by atoms with E-state index in [2.05, 4.69) is 277 Å². The summed E-state index contributed by atoms with van der Waals surface area (Å²) in [7, 11) is 0. The Labute approximate surface area is 415 Å². The largest absolute Gasteiger partial charge is 0.311 e. The summed E-state index contributed by atoms with van der Waals surface area (Å²) in [6, 6.07) is 75.4. The molecule has 3 aliphatic rings. The lowest BCUT2D eigenvalue weighted by atomic mass is 9.33. The zero-order valence-corrected chi connectivity index (χ0v) is 42.0. The van der Waals surface area contributed by atoms with Gasteiger partial charge in [0.2, 0.25) is 0 Å². The van der Waals surface area contributed by atoms with Crippen LogP contribution in [0.4, 0.5) is 51.2 Å². The van der Waals surface area contributed by atoms with Crippen molar-refractivity contribution in [3.05, 3.63) is 228 Å². The molecule has 0 radical (unpaired) electrons. The molecule has 0 saturated heterocycles. The number of aryl methyl sites for hydroxylation is 1. The third kappa shape index (κ3) is 6.86. The van der Waals surface area contributed by atoms with Crippen molar-refractivity contribution in [1.82, 2.24) is 0 Å². The van der Waals surface area contributed by atoms with Gasteiger partial charge in [0, 0.05) is 50.8 Å². The second-order valence-corrected chi connectivity index (χ2v) is 22.3. The predicted octanol–water partition coefficient (Wildman–Crippen LogP) is 16.1. The van der Waals surface area contributed by atoms with Crippen molar-refractivity contribution in [1.29, 1.82) is 0 Å². The van der Waals surface area contributed by atoms with Crippen LogP contribution in [0.3, 0.4) is 0 Å². The molecule has 3 nitrogen and oxygen atoms in total. The fourth-order valence-electron chi connectivity index (χ4n) is 11.9. The lowest BCUT2D eigenvalue weighted by molar-refractivity contribution is 0.590. The smallest absolute Gasteiger partial charge is 0.252 e. The average Bonchev–Trinajstić information content (AvgIpc) is 3.60. The monoisotopic (exact) mass is 905 g/mol. The summed E-state index contributed by atoms with van der Waals surface area (Å²) in [4.78, 5) is 7.66. The molecule has 1 aliphatic carbocycles. The summed E-state index contributed by atoms with van der Waals surface area (Å²) in [6.07, 6.45) is 0. The first-order valence-corrected chi connectivity index (χ1v) is 25.1. The quantitative estimate of drug-likeness (QED) is 0.154. The van der Waals surface area contributed by atoms with Gasteiger partial charge in [-0.15, -0.1) is 0 Å². The lowest BCUT2D eigenvalue weighted by Crippen LogP contribution is -2.61. The van der Waals surface area contributed by atoms with Crippen molar-refractivity contribution in [2.24, 2.45) is 0 Å². The van der Waals surface area contributed by atoms with Crippen molar-refractivity contribution < 1.29 is 0 Å². The Morgan fingerprint density at radius 3 is 1.77 bits per heavy atom. The molecular weight excluding hydrogens is 846 g/mol. The van der Waals surface area contributed by atoms with E-state index in [1.54, 1.807) is 0 Å². The van der Waals surface area contributed by atoms with Crippen LogP contribution in [-0.2, 0) is 16.2 Å². The van der Waals surface area contributed by atoms with E-state index in [-0.39, 0.29) is 23.0 Å². The minimum absolute atomic E-state index is 0.0137. The number of anilines is 9. The highest BCUT2D eigenvalue weighted by Crippen LogP contribution is 2.55. The van der Waals surface area contributed by atoms with Crippen molar-refractivity contribution in [2.75, 3.05) is 14.7 Å². The molecule has 2 heterocycles. The summed E-state index contributed by atoms with van der Waals surface area (Å²) in [5.74, 6) is 0. The Kier molecular flexibility index (Phi) is 9.99. The average molecular weight is 906 g/mol. The molecule has 0 aromatic heterocycles. The zero-order valence-electron chi connectivity index (χ0n) is 42.0. The Balaban J connectivity index is 1.15. The predicted molar refractivity (Wildman–Crippen MR) is 300 cm³/mol. The van der Waals surface area contributed by atoms with E-state index in [4.69, 9.17) is 0 Å². The van der Waals surface area contributed by atoms with Gasteiger partial charge in [0.05, 0.1) is 11.4 Å². The van der Waals surface area contributed by atoms with Gasteiger partial charge in [-0.2, -0.15) is 0 Å². The van der Waals surface area contributed by atoms with Gasteiger partial charge in [0.1, 0.15) is 0 Å². The minimum Gasteiger partial charge on any atom is -0.311 e. The van der Waals surface area contributed by atoms with Crippen molar-refractivity contribution in [3.63, 3.8) is 0 Å². The molecule has 4 heteroatoms. The summed E-state index contributed by atoms with van der Waals surface area (Å²) >= 11 is 0. The highest BCUT2D eigenvalue weighted by Gasteiger charge is 2.46. The maximum Gasteiger partial charge on any atom is 0.252 e. The summed E-state index contributed by atoms with van der Waals surface area (Å²) in [5, 5.41) is 0. The van der Waals surface area contributed by atoms with E-state index in [0.717, 1.165) is 22.7 Å². The molecule has 0 unspecified atom stereocenters. The van der Waals surface area contributed by atoms with Gasteiger partial charge in [0.15, 0.2) is 0 Å². The highest BCUT2D eigenvalue weighted by atomic mass is 15.2. The number of hydrogen-bond acceptors (Lipinski definition) is 3. The van der Waals surface area contributed by atoms with Crippen LogP contribution in [0.5, 0.6) is 0 Å². The van der Waals surface area contributed by atoms with Gasteiger partial charge < -0.3 is 14.7 Å². The first-order chi connectivity index (χ1) is 33.7. The third-order valence-corrected chi connectivity index (χ3v) is 15.4. The van der Waals surface area contributed by atoms with Crippen LogP contribution in [0, 0.1) is 6.92 Å². The molecule has 342 valence electrons. The van der Waals surface area contributed by atoms with E-state index in [1.165, 1.54) is 94.9 Å². The number of para-hydroxylation sites is 2. The first-order valence-electron chi connectivity index (χ1n) is 25.1. The van der Waals surface area contributed by atoms with Crippen molar-refractivity contribution in [2.45, 2.75) is 78.6 Å². The van der Waals surface area contributed by atoms with Gasteiger partial charge in [-0.1, -0.05) is 189 Å². The summed E-state index contributed by atoms with van der Waals surface area (Å²) < 4.78 is 0. The van der Waals surface area contributed by atoms with Gasteiger partial charge in [-0.05, 0) is 145 Å². The molecule has 0 amide bonds. The SMILES string of the molecule is Cc1cc2c3c(c1)N(c1cccc4c1C(C)(C)c1ccccc1-4)c1ccc(C(C)(C)C)cc1B3c1ccc(N(c3ccccc3)c3ccccc3-c3ccccc3)cc1N2c1ccc(C(C)(C)C)cc1. The molecule has 0 N–H and O–H groups in total. The van der Waals surface area contributed by atoms with Gasteiger partial charge >= 0.3 is 0 Å². The molecule has 12 rings (SSSR count). The molecule has 0 atom stereocenters. The molecule has 2 aliphatic heterocycles. The second-order valence-electron chi connectivity index (χ2n) is 22.3. The number of benzene rings is 9. The van der Waals surface area contributed by atoms with Crippen LogP contribution in [-0.4, -0.2) is 6.71 Å². The van der Waals surface area contributed by atoms with E-state index in [0.29, 0.717) is 0 Å². The second kappa shape index (κ2) is 16.0. The van der Waals surface area contributed by atoms with Crippen LogP contribution in [0.25, 0.3) is 22.3 Å². The Morgan fingerprint density at radius 1 is 0.443 bits per heavy atom. The standard InChI is InChI=1S/C66H60BN3/c1-43-39-60-63-61(40-43)70(58-30-20-27-52-51-26-16-18-28-53(51)66(8,9)62(52)58)57-38-33-46(65(5,6)7)41-55(57)67(63)54-37-36-49(42-59(54)69(60)48-34-31-45(32-35-48)64(2,3)4)68(47-23-14-11-15-24-47)56-29-19-17-25-50(56)44-21-12-10-13-22-44/h10-42H,1-9H3. The number of fused-ring (bicyclic) bond motifs is 7. The van der Waals surface area contributed by atoms with E-state index in [1.807, 2.05) is 0 Å². The molecule has 0 fully saturated rings. The van der Waals surface area contributed by atoms with Crippen LogP contribution < -0.4 is 31.1 Å². The highest BCUT2D eigenvalue weighted by molar-refractivity contribution is 7.00. The Hall–Kier alpha value is -7.56. The lowest BCUT2D eigenvalue weighted by Gasteiger charge is -2.46. The zero-order chi connectivity index (χ0) is 48.3. The molecule has 70 heavy (non-hydrogen) atoms. The molecular formula is C66H60BN3. The van der Waals surface area contributed by atoms with Crippen LogP contribution in [0.1, 0.15) is 83.2 Å². The van der Waals surface area contributed by atoms with Gasteiger partial charge in [-0.3, -0.25) is 0 Å². The van der Waals surface area contributed by atoms with E-state index < -0.39 is 0 Å². The number of nitrogens with zero attached hydrogens (tertiary/aromatic N) is 3. The summed E-state index contributed by atoms with van der Waals surface area (Å²) in [6.45, 7) is 21.0. The summed E-state index contributed by atoms with van der Waals surface area (Å²) in [5.41, 5.74) is 26.0. The molecule has 0 bridgehead atoms. The fourth-order valence-corrected chi connectivity index (χ4v) is 11.9. The van der Waals surface area contributed by atoms with Crippen LogP contribution in [0.15, 0.2) is 200 Å². The molecule has 9 aromatic carbocycles. The maximum atomic E-state index is 2.63. The number of hydrogen-bond donors (Lipinski definition) is 0. The molecule has 9 aromatic rings. The fraction of sp³-hybridized carbons (Fsp3) is 0.182. The van der Waals surface area contributed by atoms with Crippen molar-refractivity contribution >= 4 is 74.3 Å². The third-order valence-electron chi connectivity index (χ3n) is 15.4. The normalized spacial score (nSPS) is 14.1. The van der Waals surface area contributed by atoms with E-state index >= 15 is 0 Å². The Morgan fingerprint density at radius 2 is 1.06 bits per heavy atom. The van der Waals surface area contributed by atoms with Crippen LogP contribution >= 0.6 is 0 Å². The van der Waals surface area contributed by atoms with E-state index in [9.17, 15) is 0 Å². The number of rotatable bonds is 6. The topological polar surface area (TPSA) is 9.72 Å². The molecule has 0 spiro atoms. The van der Waals surface area contributed by atoms with Gasteiger partial charge in [-0.25, -0.2) is 0 Å². The molecule has 0 saturated carbocycles. The van der Waals surface area contributed by atoms with Gasteiger partial charge in [0.25, 0.3) is 6.71 Å². The first kappa shape index (κ1) is 43.7.